The highest BCUT2D eigenvalue weighted by Crippen LogP contribution is 2.41. The van der Waals surface area contributed by atoms with Crippen LogP contribution < -0.4 is 19.3 Å². The number of para-hydroxylation sites is 2. The summed E-state index contributed by atoms with van der Waals surface area (Å²) in [5.74, 6) is 1.61. The molecule has 0 saturated carbocycles. The maximum atomic E-state index is 10.5. The van der Waals surface area contributed by atoms with Crippen LogP contribution in [0.25, 0.3) is 50.7 Å². The first-order valence-electron chi connectivity index (χ1n) is 20.9. The number of nitriles is 1. The standard InChI is InChI=1S/C58H42N4O2/c1-60-58-54-37-23-43(16-14-41-18-24-47(25-19-41)61(45-10-6-4-7-11-45)49-28-32-51(63-2)33-29-49)38-55(54)57(40-59)53-36-22-44(39-56(53)58)17-15-42-20-26-48(27-21-42)62(46-12-8-5-9-13-46)50-30-34-52(64-3)35-31-50/h4-39H,2-3H3/b16-14+,17-15+. The molecule has 0 spiro atoms. The molecule has 306 valence electrons. The quantitative estimate of drug-likeness (QED) is 0.0698. The van der Waals surface area contributed by atoms with Crippen molar-refractivity contribution >= 4 is 85.7 Å². The molecule has 0 saturated heterocycles. The topological polar surface area (TPSA) is 53.1 Å². The summed E-state index contributed by atoms with van der Waals surface area (Å²) in [5, 5.41) is 13.6. The van der Waals surface area contributed by atoms with Crippen LogP contribution in [0.2, 0.25) is 0 Å². The second-order valence-corrected chi connectivity index (χ2v) is 15.1. The van der Waals surface area contributed by atoms with Crippen LogP contribution in [-0.4, -0.2) is 14.2 Å². The summed E-state index contributed by atoms with van der Waals surface area (Å²) < 4.78 is 10.8. The molecule has 0 atom stereocenters. The lowest BCUT2D eigenvalue weighted by Gasteiger charge is -2.25. The number of benzene rings is 9. The Labute approximate surface area is 373 Å². The van der Waals surface area contributed by atoms with Gasteiger partial charge >= 0.3 is 0 Å². The summed E-state index contributed by atoms with van der Waals surface area (Å²) in [6, 6.07) is 68.0. The first-order chi connectivity index (χ1) is 31.5. The van der Waals surface area contributed by atoms with Crippen molar-refractivity contribution in [3.8, 4) is 17.6 Å². The van der Waals surface area contributed by atoms with Crippen LogP contribution in [0.15, 0.2) is 194 Å². The van der Waals surface area contributed by atoms with E-state index in [1.54, 1.807) is 14.2 Å². The van der Waals surface area contributed by atoms with Gasteiger partial charge in [0.15, 0.2) is 0 Å². The second kappa shape index (κ2) is 18.4. The molecular formula is C58H42N4O2. The van der Waals surface area contributed by atoms with Gasteiger partial charge in [-0.05, 0) is 147 Å². The molecule has 6 heteroatoms. The number of anilines is 6. The minimum Gasteiger partial charge on any atom is -0.497 e. The molecule has 0 fully saturated rings. The molecule has 9 aromatic rings. The van der Waals surface area contributed by atoms with Crippen LogP contribution in [0.4, 0.5) is 39.8 Å². The summed E-state index contributed by atoms with van der Waals surface area (Å²) in [4.78, 5) is 8.44. The Kier molecular flexibility index (Phi) is 11.7. The highest BCUT2D eigenvalue weighted by molar-refractivity contribution is 6.16. The van der Waals surface area contributed by atoms with Gasteiger partial charge < -0.3 is 19.3 Å². The fraction of sp³-hybridized carbons (Fsp3) is 0.0345. The van der Waals surface area contributed by atoms with Gasteiger partial charge in [0.25, 0.3) is 0 Å². The highest BCUT2D eigenvalue weighted by Gasteiger charge is 2.16. The summed E-state index contributed by atoms with van der Waals surface area (Å²) in [5.41, 5.74) is 11.3. The van der Waals surface area contributed by atoms with Gasteiger partial charge in [-0.3, -0.25) is 0 Å². The Balaban J connectivity index is 0.966. The molecule has 64 heavy (non-hydrogen) atoms. The van der Waals surface area contributed by atoms with Gasteiger partial charge in [0.1, 0.15) is 17.6 Å². The highest BCUT2D eigenvalue weighted by atomic mass is 16.5. The van der Waals surface area contributed by atoms with Gasteiger partial charge in [-0.25, -0.2) is 4.85 Å². The molecule has 0 aliphatic carbocycles. The van der Waals surface area contributed by atoms with Gasteiger partial charge in [-0.1, -0.05) is 115 Å². The average Bonchev–Trinajstić information content (AvgIpc) is 3.36. The van der Waals surface area contributed by atoms with Gasteiger partial charge in [-0.15, -0.1) is 0 Å². The number of hydrogen-bond acceptors (Lipinski definition) is 5. The Morgan fingerprint density at radius 3 is 1.19 bits per heavy atom. The number of rotatable bonds is 12. The Morgan fingerprint density at radius 2 is 0.781 bits per heavy atom. The summed E-state index contributed by atoms with van der Waals surface area (Å²) in [7, 11) is 3.34. The van der Waals surface area contributed by atoms with E-state index in [0.29, 0.717) is 11.3 Å². The molecule has 0 aliphatic heterocycles. The fourth-order valence-electron chi connectivity index (χ4n) is 8.05. The maximum absolute atomic E-state index is 10.5. The number of nitrogens with zero attached hydrogens (tertiary/aromatic N) is 4. The largest absolute Gasteiger partial charge is 0.497 e. The number of methoxy groups -OCH3 is 2. The van der Waals surface area contributed by atoms with Crippen LogP contribution in [-0.2, 0) is 0 Å². The first-order valence-corrected chi connectivity index (χ1v) is 20.9. The van der Waals surface area contributed by atoms with Gasteiger partial charge in [0.2, 0.25) is 5.69 Å². The third-order valence-corrected chi connectivity index (χ3v) is 11.3. The van der Waals surface area contributed by atoms with Crippen LogP contribution >= 0.6 is 0 Å². The van der Waals surface area contributed by atoms with Crippen LogP contribution in [0.1, 0.15) is 27.8 Å². The molecule has 0 N–H and O–H groups in total. The zero-order chi connectivity index (χ0) is 43.8. The van der Waals surface area contributed by atoms with E-state index < -0.39 is 0 Å². The summed E-state index contributed by atoms with van der Waals surface area (Å²) in [6.45, 7) is 8.26. The smallest absolute Gasteiger partial charge is 0.202 e. The lowest BCUT2D eigenvalue weighted by Crippen LogP contribution is -2.09. The van der Waals surface area contributed by atoms with Gasteiger partial charge in [0, 0.05) is 34.1 Å². The van der Waals surface area contributed by atoms with E-state index in [4.69, 9.17) is 16.0 Å². The zero-order valence-electron chi connectivity index (χ0n) is 35.4. The molecule has 0 aromatic heterocycles. The van der Waals surface area contributed by atoms with Crippen molar-refractivity contribution in [3.63, 3.8) is 0 Å². The average molecular weight is 827 g/mol. The molecule has 0 bridgehead atoms. The number of fused-ring (bicyclic) bond motifs is 2. The summed E-state index contributed by atoms with van der Waals surface area (Å²) >= 11 is 0. The van der Waals surface area contributed by atoms with Crippen molar-refractivity contribution in [1.29, 1.82) is 5.26 Å². The van der Waals surface area contributed by atoms with Gasteiger partial charge in [0.05, 0.1) is 26.4 Å². The molecular weight excluding hydrogens is 785 g/mol. The molecule has 9 aromatic carbocycles. The van der Waals surface area contributed by atoms with Crippen LogP contribution in [0, 0.1) is 17.9 Å². The van der Waals surface area contributed by atoms with E-state index >= 15 is 0 Å². The first kappa shape index (κ1) is 40.6. The molecule has 0 heterocycles. The van der Waals surface area contributed by atoms with E-state index in [0.717, 1.165) is 89.4 Å². The van der Waals surface area contributed by atoms with Crippen molar-refractivity contribution < 1.29 is 9.47 Å². The van der Waals surface area contributed by atoms with Gasteiger partial charge in [-0.2, -0.15) is 5.26 Å². The predicted octanol–water partition coefficient (Wildman–Crippen LogP) is 15.7. The minimum atomic E-state index is 0.536. The molecule has 0 aliphatic rings. The third-order valence-electron chi connectivity index (χ3n) is 11.3. The SMILES string of the molecule is [C-]#[N+]c1c2ccc(/C=C/c3ccc(N(c4ccccc4)c4ccc(OC)cc4)cc3)cc2c(C#N)c2ccc(/C=C/c3ccc(N(c4ccccc4)c4ccc(OC)cc4)cc3)cc12. The zero-order valence-corrected chi connectivity index (χ0v) is 35.4. The molecule has 0 amide bonds. The maximum Gasteiger partial charge on any atom is 0.202 e. The second-order valence-electron chi connectivity index (χ2n) is 15.1. The lowest BCUT2D eigenvalue weighted by molar-refractivity contribution is 0.414. The monoisotopic (exact) mass is 826 g/mol. The van der Waals surface area contributed by atoms with Crippen LogP contribution in [0.3, 0.4) is 0 Å². The van der Waals surface area contributed by atoms with E-state index in [9.17, 15) is 5.26 Å². The van der Waals surface area contributed by atoms with Crippen molar-refractivity contribution in [2.45, 2.75) is 0 Å². The van der Waals surface area contributed by atoms with E-state index in [2.05, 4.69) is 142 Å². The molecule has 0 radical (unpaired) electrons. The summed E-state index contributed by atoms with van der Waals surface area (Å²) in [6.07, 6.45) is 8.24. The molecule has 0 unspecified atom stereocenters. The van der Waals surface area contributed by atoms with E-state index in [-0.39, 0.29) is 0 Å². The van der Waals surface area contributed by atoms with Crippen molar-refractivity contribution in [2.24, 2.45) is 0 Å². The minimum absolute atomic E-state index is 0.536. The Morgan fingerprint density at radius 1 is 0.422 bits per heavy atom. The third kappa shape index (κ3) is 8.41. The van der Waals surface area contributed by atoms with Crippen molar-refractivity contribution in [3.05, 3.63) is 233 Å². The number of ether oxygens (including phenoxy) is 2. The molecule has 9 rings (SSSR count). The molecule has 6 nitrogen and oxygen atoms in total. The van der Waals surface area contributed by atoms with Crippen molar-refractivity contribution in [1.82, 2.24) is 0 Å². The Hall–Kier alpha value is -8.84. The van der Waals surface area contributed by atoms with Crippen LogP contribution in [0.5, 0.6) is 11.5 Å². The van der Waals surface area contributed by atoms with Crippen molar-refractivity contribution in [2.75, 3.05) is 24.0 Å². The van der Waals surface area contributed by atoms with E-state index in [1.165, 1.54) is 0 Å². The number of hydrogen-bond donors (Lipinski definition) is 0. The van der Waals surface area contributed by atoms with E-state index in [1.807, 2.05) is 97.1 Å². The normalized spacial score (nSPS) is 11.1. The lowest BCUT2D eigenvalue weighted by atomic mass is 9.93. The predicted molar refractivity (Wildman–Crippen MR) is 266 cm³/mol. The Bertz CT molecular complexity index is 3000. The fourth-order valence-corrected chi connectivity index (χ4v) is 8.05.